The van der Waals surface area contributed by atoms with Crippen molar-refractivity contribution in [1.82, 2.24) is 25.4 Å². The summed E-state index contributed by atoms with van der Waals surface area (Å²) in [5.74, 6) is 1.54. The third kappa shape index (κ3) is 3.60. The second-order valence-corrected chi connectivity index (χ2v) is 7.91. The van der Waals surface area contributed by atoms with Crippen molar-refractivity contribution in [3.63, 3.8) is 0 Å². The number of carbonyl (C=O) groups excluding carboxylic acids is 1. The largest absolute Gasteiger partial charge is 0.355 e. The Bertz CT molecular complexity index is 1070. The molecule has 10 heteroatoms. The van der Waals surface area contributed by atoms with E-state index in [1.54, 1.807) is 24.5 Å². The van der Waals surface area contributed by atoms with Gasteiger partial charge in [-0.2, -0.15) is 4.98 Å². The average Bonchev–Trinajstić information content (AvgIpc) is 3.15. The van der Waals surface area contributed by atoms with E-state index >= 15 is 0 Å². The summed E-state index contributed by atoms with van der Waals surface area (Å²) in [7, 11) is 0. The highest BCUT2D eigenvalue weighted by Gasteiger charge is 2.55. The zero-order chi connectivity index (χ0) is 20.7. The topological polar surface area (TPSA) is 97.0 Å². The number of fused-ring (bicyclic) bond motifs is 1. The van der Waals surface area contributed by atoms with E-state index in [1.807, 2.05) is 11.0 Å². The first-order valence-corrected chi connectivity index (χ1v) is 10.1. The number of nitrogens with one attached hydrogen (secondary N) is 1. The van der Waals surface area contributed by atoms with Crippen LogP contribution in [0.3, 0.4) is 0 Å². The van der Waals surface area contributed by atoms with Gasteiger partial charge in [0, 0.05) is 43.7 Å². The molecule has 4 heterocycles. The number of rotatable bonds is 6. The van der Waals surface area contributed by atoms with Crippen molar-refractivity contribution >= 4 is 23.3 Å². The van der Waals surface area contributed by atoms with Gasteiger partial charge in [0.05, 0.1) is 6.20 Å². The minimum Gasteiger partial charge on any atom is -0.355 e. The van der Waals surface area contributed by atoms with Crippen molar-refractivity contribution in [2.75, 3.05) is 24.5 Å². The Morgan fingerprint density at radius 3 is 2.93 bits per heavy atom. The monoisotopic (exact) mass is 428 g/mol. The Morgan fingerprint density at radius 2 is 2.17 bits per heavy atom. The lowest BCUT2D eigenvalue weighted by atomic mass is 10.2. The van der Waals surface area contributed by atoms with Gasteiger partial charge in [-0.1, -0.05) is 5.16 Å². The summed E-state index contributed by atoms with van der Waals surface area (Å²) in [4.78, 5) is 25.9. The van der Waals surface area contributed by atoms with Gasteiger partial charge in [0.1, 0.15) is 0 Å². The Kier molecular flexibility index (Phi) is 4.82. The number of hydrogen-bond acceptors (Lipinski definition) is 7. The standard InChI is InChI=1S/C20H18ClFN6O2/c21-20-25-8-15(22)18(26-20)28-9-13-12(14(13)10-28)3-5-24-19(29)16-6-17(30-27-16)11-2-1-4-23-7-11/h1-2,4,6-8,12-14H,3,5,9-10H2,(H,24,29)/t12?,13-,14+. The van der Waals surface area contributed by atoms with Gasteiger partial charge in [-0.25, -0.2) is 9.37 Å². The highest BCUT2D eigenvalue weighted by atomic mass is 35.5. The Morgan fingerprint density at radius 1 is 1.33 bits per heavy atom. The second kappa shape index (κ2) is 7.64. The fraction of sp³-hybridized carbons (Fsp3) is 0.350. The molecule has 1 saturated carbocycles. The van der Waals surface area contributed by atoms with Crippen LogP contribution in [0, 0.1) is 23.6 Å². The quantitative estimate of drug-likeness (QED) is 0.603. The first-order valence-electron chi connectivity index (χ1n) is 9.68. The van der Waals surface area contributed by atoms with E-state index in [9.17, 15) is 9.18 Å². The number of aromatic nitrogens is 4. The van der Waals surface area contributed by atoms with Crippen LogP contribution in [-0.2, 0) is 0 Å². The molecule has 1 amide bonds. The molecule has 2 aliphatic rings. The second-order valence-electron chi connectivity index (χ2n) is 7.57. The van der Waals surface area contributed by atoms with Crippen LogP contribution in [0.1, 0.15) is 16.9 Å². The molecule has 8 nitrogen and oxygen atoms in total. The van der Waals surface area contributed by atoms with Gasteiger partial charge in [0.25, 0.3) is 5.91 Å². The van der Waals surface area contributed by atoms with Crippen LogP contribution in [0.4, 0.5) is 10.2 Å². The zero-order valence-corrected chi connectivity index (χ0v) is 16.6. The molecule has 1 N–H and O–H groups in total. The maximum Gasteiger partial charge on any atom is 0.273 e. The normalized spacial score (nSPS) is 22.1. The fourth-order valence-electron chi connectivity index (χ4n) is 4.28. The summed E-state index contributed by atoms with van der Waals surface area (Å²) < 4.78 is 19.2. The summed E-state index contributed by atoms with van der Waals surface area (Å²) in [5, 5.41) is 6.78. The maximum absolute atomic E-state index is 13.9. The molecule has 1 saturated heterocycles. The van der Waals surface area contributed by atoms with Crippen molar-refractivity contribution in [2.24, 2.45) is 17.8 Å². The molecule has 3 aromatic rings. The van der Waals surface area contributed by atoms with Crippen LogP contribution < -0.4 is 10.2 Å². The van der Waals surface area contributed by atoms with Crippen molar-refractivity contribution in [3.05, 3.63) is 53.6 Å². The molecule has 0 spiro atoms. The van der Waals surface area contributed by atoms with Crippen molar-refractivity contribution < 1.29 is 13.7 Å². The van der Waals surface area contributed by atoms with Gasteiger partial charge >= 0.3 is 0 Å². The van der Waals surface area contributed by atoms with Gasteiger partial charge in [0.15, 0.2) is 23.1 Å². The lowest BCUT2D eigenvalue weighted by Gasteiger charge is -2.21. The number of pyridine rings is 1. The molecule has 5 rings (SSSR count). The predicted molar refractivity (Wildman–Crippen MR) is 106 cm³/mol. The molecule has 1 aliphatic heterocycles. The highest BCUT2D eigenvalue weighted by Crippen LogP contribution is 2.54. The number of amides is 1. The smallest absolute Gasteiger partial charge is 0.273 e. The fourth-order valence-corrected chi connectivity index (χ4v) is 4.41. The van der Waals surface area contributed by atoms with Crippen LogP contribution in [0.25, 0.3) is 11.3 Å². The van der Waals surface area contributed by atoms with Crippen molar-refractivity contribution in [2.45, 2.75) is 6.42 Å². The lowest BCUT2D eigenvalue weighted by Crippen LogP contribution is -2.28. The summed E-state index contributed by atoms with van der Waals surface area (Å²) in [6.07, 6.45) is 5.29. The predicted octanol–water partition coefficient (Wildman–Crippen LogP) is 2.82. The van der Waals surface area contributed by atoms with E-state index in [2.05, 4.69) is 25.4 Å². The highest BCUT2D eigenvalue weighted by molar-refractivity contribution is 6.28. The molecular weight excluding hydrogens is 411 g/mol. The summed E-state index contributed by atoms with van der Waals surface area (Å²) in [6.45, 7) is 2.04. The number of piperidine rings is 1. The van der Waals surface area contributed by atoms with Crippen LogP contribution in [0.2, 0.25) is 5.28 Å². The number of anilines is 1. The number of nitrogens with zero attached hydrogens (tertiary/aromatic N) is 5. The number of hydrogen-bond donors (Lipinski definition) is 1. The summed E-state index contributed by atoms with van der Waals surface area (Å²) in [6, 6.07) is 5.24. The van der Waals surface area contributed by atoms with Gasteiger partial charge in [-0.3, -0.25) is 9.78 Å². The van der Waals surface area contributed by atoms with E-state index in [1.165, 1.54) is 0 Å². The van der Waals surface area contributed by atoms with Gasteiger partial charge in [-0.05, 0) is 47.9 Å². The average molecular weight is 429 g/mol. The maximum atomic E-state index is 13.9. The van der Waals surface area contributed by atoms with E-state index in [-0.39, 0.29) is 22.7 Å². The molecule has 0 aromatic carbocycles. The SMILES string of the molecule is O=C(NCCC1[C@H]2CN(c3nc(Cl)ncc3F)C[C@@H]12)c1cc(-c2cccnc2)on1. The first-order chi connectivity index (χ1) is 14.6. The molecule has 0 radical (unpaired) electrons. The molecule has 30 heavy (non-hydrogen) atoms. The molecular formula is C20H18ClFN6O2. The molecule has 1 unspecified atom stereocenters. The van der Waals surface area contributed by atoms with Crippen LogP contribution in [0.15, 0.2) is 41.3 Å². The van der Waals surface area contributed by atoms with E-state index < -0.39 is 5.82 Å². The molecule has 3 atom stereocenters. The lowest BCUT2D eigenvalue weighted by molar-refractivity contribution is 0.0943. The molecule has 154 valence electrons. The molecule has 3 aromatic heterocycles. The Hall–Kier alpha value is -3.07. The summed E-state index contributed by atoms with van der Waals surface area (Å²) >= 11 is 5.79. The first kappa shape index (κ1) is 18.9. The zero-order valence-electron chi connectivity index (χ0n) is 15.8. The molecule has 0 bridgehead atoms. The Labute approximate surface area is 176 Å². The molecule has 1 aliphatic carbocycles. The van der Waals surface area contributed by atoms with Crippen LogP contribution in [0.5, 0.6) is 0 Å². The number of carbonyl (C=O) groups is 1. The minimum absolute atomic E-state index is 0.0470. The van der Waals surface area contributed by atoms with Gasteiger partial charge < -0.3 is 14.7 Å². The minimum atomic E-state index is -0.456. The summed E-state index contributed by atoms with van der Waals surface area (Å²) in [5.41, 5.74) is 1.01. The van der Waals surface area contributed by atoms with Crippen molar-refractivity contribution in [1.29, 1.82) is 0 Å². The third-order valence-electron chi connectivity index (χ3n) is 5.82. The van der Waals surface area contributed by atoms with E-state index in [0.29, 0.717) is 30.1 Å². The Balaban J connectivity index is 1.10. The number of halogens is 2. The van der Waals surface area contributed by atoms with E-state index in [4.69, 9.17) is 16.1 Å². The van der Waals surface area contributed by atoms with E-state index in [0.717, 1.165) is 31.3 Å². The van der Waals surface area contributed by atoms with Crippen LogP contribution in [-0.4, -0.2) is 45.7 Å². The third-order valence-corrected chi connectivity index (χ3v) is 6.00. The van der Waals surface area contributed by atoms with Crippen molar-refractivity contribution in [3.8, 4) is 11.3 Å². The van der Waals surface area contributed by atoms with Crippen LogP contribution >= 0.6 is 11.6 Å². The molecule has 2 fully saturated rings. The van der Waals surface area contributed by atoms with Gasteiger partial charge in [-0.15, -0.1) is 0 Å². The van der Waals surface area contributed by atoms with Gasteiger partial charge in [0.2, 0.25) is 5.28 Å².